The molecule has 3 rings (SSSR count). The molecule has 1 aliphatic heterocycles. The van der Waals surface area contributed by atoms with Crippen LogP contribution in [0.2, 0.25) is 0 Å². The summed E-state index contributed by atoms with van der Waals surface area (Å²) in [6, 6.07) is 3.36. The monoisotopic (exact) mass is 326 g/mol. The number of carbonyl (C=O) groups excluding carboxylic acids is 1. The van der Waals surface area contributed by atoms with Gasteiger partial charge in [-0.15, -0.1) is 10.2 Å². The predicted octanol–water partition coefficient (Wildman–Crippen LogP) is 1.20. The maximum Gasteiger partial charge on any atom is 0.306 e. The molecule has 8 nitrogen and oxygen atoms in total. The number of sulfone groups is 1. The molecule has 0 radical (unpaired) electrons. The zero-order valence-corrected chi connectivity index (χ0v) is 12.4. The molecule has 3 heterocycles. The van der Waals surface area contributed by atoms with Crippen molar-refractivity contribution in [3.8, 4) is 11.7 Å². The quantitative estimate of drug-likeness (QED) is 0.753. The molecular formula is C13H14N2O6S. The average Bonchev–Trinajstić information content (AvgIpc) is 3.16. The Hall–Kier alpha value is -2.16. The van der Waals surface area contributed by atoms with Crippen molar-refractivity contribution in [1.29, 1.82) is 0 Å². The van der Waals surface area contributed by atoms with Gasteiger partial charge in [0.1, 0.15) is 0 Å². The number of rotatable bonds is 5. The molecule has 1 fully saturated rings. The van der Waals surface area contributed by atoms with Gasteiger partial charge in [0.2, 0.25) is 0 Å². The van der Waals surface area contributed by atoms with Gasteiger partial charge in [0, 0.05) is 6.42 Å². The summed E-state index contributed by atoms with van der Waals surface area (Å²) < 4.78 is 38.1. The number of esters is 1. The Bertz CT molecular complexity index is 749. The summed E-state index contributed by atoms with van der Waals surface area (Å²) in [5.74, 6) is 0.337. The Labute approximate surface area is 126 Å². The maximum atomic E-state index is 11.7. The van der Waals surface area contributed by atoms with Gasteiger partial charge in [-0.25, -0.2) is 8.42 Å². The van der Waals surface area contributed by atoms with E-state index in [2.05, 4.69) is 10.2 Å². The van der Waals surface area contributed by atoms with Crippen molar-refractivity contribution in [2.24, 2.45) is 5.92 Å². The molecule has 0 aliphatic carbocycles. The van der Waals surface area contributed by atoms with Crippen LogP contribution in [-0.2, 0) is 26.0 Å². The lowest BCUT2D eigenvalue weighted by atomic mass is 10.1. The number of carbonyl (C=O) groups is 1. The van der Waals surface area contributed by atoms with E-state index in [0.717, 1.165) is 0 Å². The second-order valence-corrected chi connectivity index (χ2v) is 7.34. The van der Waals surface area contributed by atoms with Gasteiger partial charge < -0.3 is 13.6 Å². The minimum Gasteiger partial charge on any atom is -0.459 e. The highest BCUT2D eigenvalue weighted by Crippen LogP contribution is 2.22. The third-order valence-corrected chi connectivity index (χ3v) is 5.17. The van der Waals surface area contributed by atoms with Gasteiger partial charge in [0.15, 0.2) is 22.2 Å². The van der Waals surface area contributed by atoms with Gasteiger partial charge in [0.05, 0.1) is 17.8 Å². The third kappa shape index (κ3) is 3.53. The second kappa shape index (κ2) is 5.91. The SMILES string of the molecule is O=C(C[C@H]1CCS(=O)(=O)C1)OCc1nnc(-c2ccco2)o1. The van der Waals surface area contributed by atoms with E-state index in [9.17, 15) is 13.2 Å². The fourth-order valence-electron chi connectivity index (χ4n) is 2.28. The number of hydrogen-bond acceptors (Lipinski definition) is 8. The van der Waals surface area contributed by atoms with Crippen LogP contribution in [0, 0.1) is 5.92 Å². The summed E-state index contributed by atoms with van der Waals surface area (Å²) >= 11 is 0. The Morgan fingerprint density at radius 3 is 2.95 bits per heavy atom. The molecule has 0 bridgehead atoms. The first-order valence-electron chi connectivity index (χ1n) is 6.74. The molecule has 22 heavy (non-hydrogen) atoms. The lowest BCUT2D eigenvalue weighted by Crippen LogP contribution is -2.13. The topological polar surface area (TPSA) is 112 Å². The summed E-state index contributed by atoms with van der Waals surface area (Å²) in [6.45, 7) is -0.147. The summed E-state index contributed by atoms with van der Waals surface area (Å²) in [5, 5.41) is 7.53. The van der Waals surface area contributed by atoms with Crippen LogP contribution in [0.3, 0.4) is 0 Å². The molecule has 1 atom stereocenters. The third-order valence-electron chi connectivity index (χ3n) is 3.34. The van der Waals surface area contributed by atoms with E-state index in [1.165, 1.54) is 6.26 Å². The normalized spacial score (nSPS) is 20.1. The first-order chi connectivity index (χ1) is 10.5. The summed E-state index contributed by atoms with van der Waals surface area (Å²) in [4.78, 5) is 11.7. The fraction of sp³-hybridized carbons (Fsp3) is 0.462. The molecule has 2 aromatic heterocycles. The molecule has 0 N–H and O–H groups in total. The van der Waals surface area contributed by atoms with Crippen LogP contribution >= 0.6 is 0 Å². The fourth-order valence-corrected chi connectivity index (χ4v) is 4.14. The van der Waals surface area contributed by atoms with Crippen LogP contribution < -0.4 is 0 Å². The largest absolute Gasteiger partial charge is 0.459 e. The molecule has 0 saturated carbocycles. The minimum atomic E-state index is -2.99. The van der Waals surface area contributed by atoms with Crippen LogP contribution in [0.25, 0.3) is 11.7 Å². The van der Waals surface area contributed by atoms with Crippen molar-refractivity contribution >= 4 is 15.8 Å². The van der Waals surface area contributed by atoms with Gasteiger partial charge in [-0.3, -0.25) is 4.79 Å². The highest BCUT2D eigenvalue weighted by Gasteiger charge is 2.30. The van der Waals surface area contributed by atoms with E-state index < -0.39 is 15.8 Å². The first-order valence-corrected chi connectivity index (χ1v) is 8.56. The lowest BCUT2D eigenvalue weighted by Gasteiger charge is -2.06. The number of aromatic nitrogens is 2. The average molecular weight is 326 g/mol. The minimum absolute atomic E-state index is 0.0469. The summed E-state index contributed by atoms with van der Waals surface area (Å²) in [7, 11) is -2.99. The van der Waals surface area contributed by atoms with Crippen LogP contribution in [0.1, 0.15) is 18.7 Å². The Morgan fingerprint density at radius 1 is 1.41 bits per heavy atom. The number of nitrogens with zero attached hydrogens (tertiary/aromatic N) is 2. The molecule has 2 aromatic rings. The summed E-state index contributed by atoms with van der Waals surface area (Å²) in [6.07, 6.45) is 2.06. The van der Waals surface area contributed by atoms with E-state index >= 15 is 0 Å². The molecule has 0 amide bonds. The van der Waals surface area contributed by atoms with E-state index in [0.29, 0.717) is 12.2 Å². The first kappa shape index (κ1) is 14.8. The van der Waals surface area contributed by atoms with Gasteiger partial charge in [-0.1, -0.05) is 0 Å². The van der Waals surface area contributed by atoms with Crippen molar-refractivity contribution in [3.05, 3.63) is 24.3 Å². The molecule has 1 saturated heterocycles. The Kier molecular flexibility index (Phi) is 3.97. The van der Waals surface area contributed by atoms with Crippen LogP contribution in [0.5, 0.6) is 0 Å². The molecule has 0 spiro atoms. The van der Waals surface area contributed by atoms with Crippen molar-refractivity contribution < 1.29 is 26.8 Å². The number of ether oxygens (including phenoxy) is 1. The van der Waals surface area contributed by atoms with Crippen molar-refractivity contribution in [2.45, 2.75) is 19.4 Å². The van der Waals surface area contributed by atoms with Gasteiger partial charge in [0.25, 0.3) is 11.8 Å². The van der Waals surface area contributed by atoms with Crippen LogP contribution in [0.4, 0.5) is 0 Å². The second-order valence-electron chi connectivity index (χ2n) is 5.11. The van der Waals surface area contributed by atoms with Crippen molar-refractivity contribution in [1.82, 2.24) is 10.2 Å². The molecule has 0 unspecified atom stereocenters. The zero-order valence-electron chi connectivity index (χ0n) is 11.6. The molecule has 118 valence electrons. The Morgan fingerprint density at radius 2 is 2.27 bits per heavy atom. The van der Waals surface area contributed by atoms with Crippen molar-refractivity contribution in [2.75, 3.05) is 11.5 Å². The van der Waals surface area contributed by atoms with E-state index in [1.807, 2.05) is 0 Å². The van der Waals surface area contributed by atoms with Crippen LogP contribution in [0.15, 0.2) is 27.2 Å². The summed E-state index contributed by atoms with van der Waals surface area (Å²) in [5.41, 5.74) is 0. The van der Waals surface area contributed by atoms with Gasteiger partial charge in [-0.05, 0) is 24.5 Å². The Balaban J connectivity index is 1.49. The molecular weight excluding hydrogens is 312 g/mol. The highest BCUT2D eigenvalue weighted by atomic mass is 32.2. The van der Waals surface area contributed by atoms with Crippen molar-refractivity contribution in [3.63, 3.8) is 0 Å². The molecule has 9 heteroatoms. The lowest BCUT2D eigenvalue weighted by molar-refractivity contribution is -0.146. The zero-order chi connectivity index (χ0) is 15.6. The molecule has 1 aliphatic rings. The standard InChI is InChI=1S/C13H14N2O6S/c16-12(6-9-3-5-22(17,18)8-9)20-7-11-14-15-13(21-11)10-2-1-4-19-10/h1-2,4,9H,3,5-8H2/t9-/m1/s1. The van der Waals surface area contributed by atoms with E-state index in [-0.39, 0.29) is 42.2 Å². The maximum absolute atomic E-state index is 11.7. The van der Waals surface area contributed by atoms with Gasteiger partial charge >= 0.3 is 5.97 Å². The predicted molar refractivity (Wildman–Crippen MR) is 73.2 cm³/mol. The molecule has 0 aromatic carbocycles. The number of furan rings is 1. The number of hydrogen-bond donors (Lipinski definition) is 0. The smallest absolute Gasteiger partial charge is 0.306 e. The highest BCUT2D eigenvalue weighted by molar-refractivity contribution is 7.91. The van der Waals surface area contributed by atoms with E-state index in [1.54, 1.807) is 12.1 Å². The van der Waals surface area contributed by atoms with E-state index in [4.69, 9.17) is 13.6 Å². The van der Waals surface area contributed by atoms with Crippen LogP contribution in [-0.4, -0.2) is 36.1 Å². The van der Waals surface area contributed by atoms with Gasteiger partial charge in [-0.2, -0.15) is 0 Å².